The number of hydrogen-bond acceptors (Lipinski definition) is 5. The number of aromatic nitrogens is 1. The van der Waals surface area contributed by atoms with Gasteiger partial charge in [0.2, 0.25) is 0 Å². The Morgan fingerprint density at radius 1 is 1.12 bits per heavy atom. The van der Waals surface area contributed by atoms with Crippen molar-refractivity contribution in [2.75, 3.05) is 44.7 Å². The molecule has 8 heteroatoms. The lowest BCUT2D eigenvalue weighted by molar-refractivity contribution is 0.0378. The number of amides is 1. The Morgan fingerprint density at radius 2 is 1.94 bits per heavy atom. The number of carbonyl (C=O) groups is 2. The molecular weight excluding hydrogens is 435 g/mol. The van der Waals surface area contributed by atoms with Crippen molar-refractivity contribution < 1.29 is 18.7 Å². The molecular formula is C26H29FN4O3. The highest BCUT2D eigenvalue weighted by Gasteiger charge is 2.27. The van der Waals surface area contributed by atoms with Crippen LogP contribution < -0.4 is 11.1 Å². The predicted molar refractivity (Wildman–Crippen MR) is 129 cm³/mol. The van der Waals surface area contributed by atoms with Crippen molar-refractivity contribution in [2.45, 2.75) is 25.7 Å². The summed E-state index contributed by atoms with van der Waals surface area (Å²) in [6.07, 6.45) is 2.88. The molecule has 0 atom stereocenters. The lowest BCUT2D eigenvalue weighted by Crippen LogP contribution is -2.37. The van der Waals surface area contributed by atoms with Gasteiger partial charge in [0.05, 0.1) is 24.3 Å². The van der Waals surface area contributed by atoms with E-state index in [1.54, 1.807) is 12.1 Å². The molecule has 0 bridgehead atoms. The molecule has 0 radical (unpaired) electrons. The van der Waals surface area contributed by atoms with Gasteiger partial charge >= 0.3 is 0 Å². The lowest BCUT2D eigenvalue weighted by atomic mass is 9.94. The van der Waals surface area contributed by atoms with E-state index in [1.807, 2.05) is 16.7 Å². The highest BCUT2D eigenvalue weighted by molar-refractivity contribution is 6.11. The summed E-state index contributed by atoms with van der Waals surface area (Å²) in [5, 5.41) is 4.02. The number of carbonyl (C=O) groups excluding carboxylic acids is 2. The Kier molecular flexibility index (Phi) is 6.34. The zero-order valence-electron chi connectivity index (χ0n) is 19.1. The first-order valence-corrected chi connectivity index (χ1v) is 11.9. The number of anilines is 1. The highest BCUT2D eigenvalue weighted by atomic mass is 19.1. The molecule has 0 saturated carbocycles. The molecule has 2 aliphatic rings. The fraction of sp³-hybridized carbons (Fsp3) is 0.385. The van der Waals surface area contributed by atoms with E-state index in [0.29, 0.717) is 35.2 Å². The first-order chi connectivity index (χ1) is 16.5. The van der Waals surface area contributed by atoms with Crippen molar-refractivity contribution in [3.05, 3.63) is 59.0 Å². The molecule has 2 heterocycles. The van der Waals surface area contributed by atoms with Crippen molar-refractivity contribution in [1.82, 2.24) is 9.47 Å². The second-order valence-electron chi connectivity index (χ2n) is 8.92. The number of nitrogens with two attached hydrogens (primary N) is 1. The summed E-state index contributed by atoms with van der Waals surface area (Å²) in [4.78, 5) is 27.2. The molecule has 3 aromatic rings. The number of Topliss-reactive ketones (excluding diaryl/α,β-unsaturated/α-hetero) is 1. The summed E-state index contributed by atoms with van der Waals surface area (Å²) in [5.41, 5.74) is 9.82. The quantitative estimate of drug-likeness (QED) is 0.522. The Morgan fingerprint density at radius 3 is 2.74 bits per heavy atom. The van der Waals surface area contributed by atoms with Gasteiger partial charge in [-0.05, 0) is 62.2 Å². The van der Waals surface area contributed by atoms with E-state index in [1.165, 1.54) is 12.1 Å². The van der Waals surface area contributed by atoms with Gasteiger partial charge in [-0.15, -0.1) is 0 Å². The summed E-state index contributed by atoms with van der Waals surface area (Å²) in [6.45, 7) is 5.05. The number of primary amides is 1. The fourth-order valence-electron chi connectivity index (χ4n) is 5.08. The third-order valence-electron chi connectivity index (χ3n) is 6.72. The second-order valence-corrected chi connectivity index (χ2v) is 8.92. The Balaban J connectivity index is 1.47. The number of benzene rings is 2. The van der Waals surface area contributed by atoms with Gasteiger partial charge in [0.1, 0.15) is 5.82 Å². The highest BCUT2D eigenvalue weighted by Crippen LogP contribution is 2.36. The Hall–Kier alpha value is -3.23. The van der Waals surface area contributed by atoms with Crippen LogP contribution in [0.1, 0.15) is 45.7 Å². The summed E-state index contributed by atoms with van der Waals surface area (Å²) < 4.78 is 21.5. The normalized spacial score (nSPS) is 16.6. The molecule has 5 rings (SSSR count). The van der Waals surface area contributed by atoms with Gasteiger partial charge in [-0.25, -0.2) is 4.39 Å². The third-order valence-corrected chi connectivity index (χ3v) is 6.72. The second kappa shape index (κ2) is 9.56. The molecule has 1 fully saturated rings. The maximum atomic E-state index is 14.1. The molecule has 1 aromatic heterocycles. The zero-order chi connectivity index (χ0) is 23.7. The molecule has 1 saturated heterocycles. The van der Waals surface area contributed by atoms with Crippen LogP contribution in [0, 0.1) is 5.82 Å². The van der Waals surface area contributed by atoms with Crippen LogP contribution in [0.25, 0.3) is 16.6 Å². The van der Waals surface area contributed by atoms with Gasteiger partial charge < -0.3 is 20.4 Å². The van der Waals surface area contributed by atoms with E-state index >= 15 is 0 Å². The number of fused-ring (bicyclic) bond motifs is 3. The first-order valence-electron chi connectivity index (χ1n) is 11.9. The van der Waals surface area contributed by atoms with Crippen molar-refractivity contribution in [3.8, 4) is 5.69 Å². The van der Waals surface area contributed by atoms with Crippen LogP contribution in [0.4, 0.5) is 10.1 Å². The fourth-order valence-corrected chi connectivity index (χ4v) is 5.08. The summed E-state index contributed by atoms with van der Waals surface area (Å²) >= 11 is 0. The van der Waals surface area contributed by atoms with E-state index in [4.69, 9.17) is 10.5 Å². The van der Waals surface area contributed by atoms with Crippen LogP contribution in [-0.4, -0.2) is 60.6 Å². The van der Waals surface area contributed by atoms with Crippen LogP contribution >= 0.6 is 0 Å². The number of halogens is 1. The predicted octanol–water partition coefficient (Wildman–Crippen LogP) is 3.52. The van der Waals surface area contributed by atoms with Crippen LogP contribution in [0.2, 0.25) is 0 Å². The van der Waals surface area contributed by atoms with Crippen molar-refractivity contribution >= 4 is 28.3 Å². The Labute approximate surface area is 197 Å². The zero-order valence-corrected chi connectivity index (χ0v) is 19.1. The van der Waals surface area contributed by atoms with Gasteiger partial charge in [0.15, 0.2) is 5.78 Å². The van der Waals surface area contributed by atoms with Gasteiger partial charge in [-0.3, -0.25) is 14.5 Å². The number of nitrogens with one attached hydrogen (secondary N) is 1. The summed E-state index contributed by atoms with van der Waals surface area (Å²) in [6, 6.07) is 10.0. The van der Waals surface area contributed by atoms with Crippen molar-refractivity contribution in [1.29, 1.82) is 0 Å². The topological polar surface area (TPSA) is 89.6 Å². The number of nitrogens with zero attached hydrogens (tertiary/aromatic N) is 2. The van der Waals surface area contributed by atoms with Gasteiger partial charge in [-0.2, -0.15) is 0 Å². The molecule has 2 aromatic carbocycles. The molecule has 7 nitrogen and oxygen atoms in total. The number of ketones is 1. The van der Waals surface area contributed by atoms with E-state index < -0.39 is 5.91 Å². The minimum absolute atomic E-state index is 0.0471. The minimum Gasteiger partial charge on any atom is -0.384 e. The molecule has 0 spiro atoms. The van der Waals surface area contributed by atoms with E-state index in [-0.39, 0.29) is 11.6 Å². The van der Waals surface area contributed by atoms with Gasteiger partial charge in [0, 0.05) is 54.1 Å². The molecule has 3 N–H and O–H groups in total. The third kappa shape index (κ3) is 4.31. The molecule has 0 unspecified atom stereocenters. The number of rotatable bonds is 7. The maximum Gasteiger partial charge on any atom is 0.250 e. The van der Waals surface area contributed by atoms with E-state index in [9.17, 15) is 14.0 Å². The van der Waals surface area contributed by atoms with Crippen molar-refractivity contribution in [2.24, 2.45) is 5.73 Å². The van der Waals surface area contributed by atoms with Gasteiger partial charge in [0.25, 0.3) is 5.91 Å². The van der Waals surface area contributed by atoms with Crippen LogP contribution in [0.15, 0.2) is 36.4 Å². The van der Waals surface area contributed by atoms with Crippen LogP contribution in [0.5, 0.6) is 0 Å². The van der Waals surface area contributed by atoms with Crippen LogP contribution in [0.3, 0.4) is 0 Å². The number of hydrogen-bond donors (Lipinski definition) is 2. The van der Waals surface area contributed by atoms with Crippen molar-refractivity contribution in [3.63, 3.8) is 0 Å². The van der Waals surface area contributed by atoms with E-state index in [0.717, 1.165) is 69.0 Å². The summed E-state index contributed by atoms with van der Waals surface area (Å²) in [7, 11) is 0. The molecule has 1 aliphatic carbocycles. The number of morpholine rings is 1. The average molecular weight is 465 g/mol. The SMILES string of the molecule is NC(=O)c1ccc(-n2c3c(c4cc(F)ccc42)C(=O)CCC3)cc1NCCCN1CCOCC1. The molecule has 1 aliphatic heterocycles. The largest absolute Gasteiger partial charge is 0.384 e. The lowest BCUT2D eigenvalue weighted by Gasteiger charge is -2.26. The van der Waals surface area contributed by atoms with E-state index in [2.05, 4.69) is 10.2 Å². The standard InChI is InChI=1S/C26H29FN4O3/c27-17-5-8-22-20(15-17)25-23(3-1-4-24(25)32)31(22)18-6-7-19(26(28)33)21(16-18)29-9-2-10-30-11-13-34-14-12-30/h5-8,15-16,29H,1-4,9-14H2,(H2,28,33). The minimum atomic E-state index is -0.501. The molecule has 178 valence electrons. The average Bonchev–Trinajstić information content (AvgIpc) is 3.17. The van der Waals surface area contributed by atoms with Crippen LogP contribution in [-0.2, 0) is 11.2 Å². The number of ether oxygens (including phenoxy) is 1. The first kappa shape index (κ1) is 22.6. The van der Waals surface area contributed by atoms with Gasteiger partial charge in [-0.1, -0.05) is 0 Å². The maximum absolute atomic E-state index is 14.1. The Bertz CT molecular complexity index is 1250. The monoisotopic (exact) mass is 464 g/mol. The summed E-state index contributed by atoms with van der Waals surface area (Å²) in [5.74, 6) is -0.817. The molecule has 1 amide bonds. The smallest absolute Gasteiger partial charge is 0.250 e. The molecule has 34 heavy (non-hydrogen) atoms.